The number of hydrogen-bond acceptors (Lipinski definition) is 3. The number of nitrogens with one attached hydrogen (secondary N) is 1. The van der Waals surface area contributed by atoms with E-state index in [1.807, 2.05) is 0 Å². The Kier molecular flexibility index (Phi) is 5.69. The van der Waals surface area contributed by atoms with E-state index in [2.05, 4.69) is 19.2 Å². The van der Waals surface area contributed by atoms with Crippen molar-refractivity contribution >= 4 is 5.97 Å². The molecule has 0 aromatic carbocycles. The van der Waals surface area contributed by atoms with Gasteiger partial charge in [0.05, 0.1) is 5.92 Å². The third kappa shape index (κ3) is 5.17. The lowest BCUT2D eigenvalue weighted by Crippen LogP contribution is -2.34. The van der Waals surface area contributed by atoms with Gasteiger partial charge >= 0.3 is 5.97 Å². The van der Waals surface area contributed by atoms with Crippen molar-refractivity contribution in [3.63, 3.8) is 0 Å². The fourth-order valence-corrected chi connectivity index (χ4v) is 1.42. The predicted octanol–water partition coefficient (Wildman–Crippen LogP) is 2.11. The second-order valence-corrected chi connectivity index (χ2v) is 4.32. The summed E-state index contributed by atoms with van der Waals surface area (Å²) in [5, 5.41) is 3.41. The van der Waals surface area contributed by atoms with Crippen molar-refractivity contribution in [1.29, 1.82) is 0 Å². The van der Waals surface area contributed by atoms with Crippen LogP contribution in [0.2, 0.25) is 0 Å². The zero-order chi connectivity index (χ0) is 11.1. The largest absolute Gasteiger partial charge is 0.464 e. The summed E-state index contributed by atoms with van der Waals surface area (Å²) in [6.45, 7) is 5.86. The van der Waals surface area contributed by atoms with Gasteiger partial charge in [-0.25, -0.2) is 0 Å². The quantitative estimate of drug-likeness (QED) is 0.496. The standard InChI is InChI=1S/C12H23NO2/c1-3-5-8-13-11(4-2)9-15-12(14)10-6-7-10/h10-11,13H,3-9H2,1-2H3. The third-order valence-electron chi connectivity index (χ3n) is 2.79. The van der Waals surface area contributed by atoms with Gasteiger partial charge in [0.1, 0.15) is 6.61 Å². The SMILES string of the molecule is CCCCNC(CC)COC(=O)C1CC1. The molecular weight excluding hydrogens is 190 g/mol. The Labute approximate surface area is 92.6 Å². The molecule has 1 saturated carbocycles. The molecule has 0 bridgehead atoms. The molecule has 0 amide bonds. The zero-order valence-corrected chi connectivity index (χ0v) is 9.92. The summed E-state index contributed by atoms with van der Waals surface area (Å²) in [5.74, 6) is 0.226. The van der Waals surface area contributed by atoms with Crippen LogP contribution in [0, 0.1) is 5.92 Å². The minimum absolute atomic E-state index is 0.00532. The summed E-state index contributed by atoms with van der Waals surface area (Å²) in [7, 11) is 0. The highest BCUT2D eigenvalue weighted by Crippen LogP contribution is 2.30. The molecule has 0 radical (unpaired) electrons. The van der Waals surface area contributed by atoms with Crippen LogP contribution in [0.3, 0.4) is 0 Å². The molecule has 88 valence electrons. The van der Waals surface area contributed by atoms with Crippen molar-refractivity contribution in [1.82, 2.24) is 5.32 Å². The number of ether oxygens (including phenoxy) is 1. The van der Waals surface area contributed by atoms with Gasteiger partial charge in [-0.1, -0.05) is 20.3 Å². The molecule has 15 heavy (non-hydrogen) atoms. The van der Waals surface area contributed by atoms with Gasteiger partial charge in [-0.2, -0.15) is 0 Å². The van der Waals surface area contributed by atoms with Crippen molar-refractivity contribution in [3.05, 3.63) is 0 Å². The fourth-order valence-electron chi connectivity index (χ4n) is 1.42. The van der Waals surface area contributed by atoms with Gasteiger partial charge in [0.25, 0.3) is 0 Å². The Balaban J connectivity index is 2.06. The van der Waals surface area contributed by atoms with Crippen LogP contribution in [-0.2, 0) is 9.53 Å². The molecular formula is C12H23NO2. The van der Waals surface area contributed by atoms with Crippen molar-refractivity contribution in [2.24, 2.45) is 5.92 Å². The average molecular weight is 213 g/mol. The summed E-state index contributed by atoms with van der Waals surface area (Å²) < 4.78 is 5.25. The lowest BCUT2D eigenvalue weighted by Gasteiger charge is -2.16. The molecule has 1 fully saturated rings. The van der Waals surface area contributed by atoms with E-state index in [9.17, 15) is 4.79 Å². The van der Waals surface area contributed by atoms with Crippen molar-refractivity contribution in [3.8, 4) is 0 Å². The predicted molar refractivity (Wildman–Crippen MR) is 60.7 cm³/mol. The van der Waals surface area contributed by atoms with Gasteiger partial charge in [-0.3, -0.25) is 4.79 Å². The van der Waals surface area contributed by atoms with Crippen LogP contribution in [0.15, 0.2) is 0 Å². The molecule has 0 saturated heterocycles. The van der Waals surface area contributed by atoms with Gasteiger partial charge in [0.15, 0.2) is 0 Å². The highest BCUT2D eigenvalue weighted by atomic mass is 16.5. The van der Waals surface area contributed by atoms with Gasteiger partial charge in [-0.15, -0.1) is 0 Å². The molecule has 3 nitrogen and oxygen atoms in total. The molecule has 0 spiro atoms. The second-order valence-electron chi connectivity index (χ2n) is 4.32. The Morgan fingerprint density at radius 2 is 2.20 bits per heavy atom. The Morgan fingerprint density at radius 3 is 2.73 bits per heavy atom. The Hall–Kier alpha value is -0.570. The van der Waals surface area contributed by atoms with E-state index in [1.165, 1.54) is 12.8 Å². The lowest BCUT2D eigenvalue weighted by molar-refractivity contribution is -0.145. The first-order valence-corrected chi connectivity index (χ1v) is 6.18. The molecule has 1 N–H and O–H groups in total. The second kappa shape index (κ2) is 6.83. The average Bonchev–Trinajstić information content (AvgIpc) is 3.06. The van der Waals surface area contributed by atoms with Crippen LogP contribution in [0.1, 0.15) is 46.0 Å². The number of carbonyl (C=O) groups is 1. The topological polar surface area (TPSA) is 38.3 Å². The Morgan fingerprint density at radius 1 is 1.47 bits per heavy atom. The maximum atomic E-state index is 11.3. The summed E-state index contributed by atoms with van der Waals surface area (Å²) in [6, 6.07) is 0.333. The first-order chi connectivity index (χ1) is 7.27. The molecule has 0 heterocycles. The Bertz CT molecular complexity index is 190. The van der Waals surface area contributed by atoms with Crippen LogP contribution >= 0.6 is 0 Å². The maximum absolute atomic E-state index is 11.3. The van der Waals surface area contributed by atoms with Gasteiger partial charge in [0, 0.05) is 6.04 Å². The van der Waals surface area contributed by atoms with Crippen LogP contribution in [0.25, 0.3) is 0 Å². The molecule has 1 aliphatic rings. The van der Waals surface area contributed by atoms with Crippen LogP contribution in [-0.4, -0.2) is 25.2 Å². The van der Waals surface area contributed by atoms with Crippen LogP contribution < -0.4 is 5.32 Å². The molecule has 1 unspecified atom stereocenters. The van der Waals surface area contributed by atoms with E-state index in [0.29, 0.717) is 12.6 Å². The number of unbranched alkanes of at least 4 members (excludes halogenated alkanes) is 1. The molecule has 0 aromatic heterocycles. The molecule has 3 heteroatoms. The monoisotopic (exact) mass is 213 g/mol. The minimum Gasteiger partial charge on any atom is -0.464 e. The van der Waals surface area contributed by atoms with Crippen LogP contribution in [0.5, 0.6) is 0 Å². The zero-order valence-electron chi connectivity index (χ0n) is 9.92. The summed E-state index contributed by atoms with van der Waals surface area (Å²) in [4.78, 5) is 11.3. The fraction of sp³-hybridized carbons (Fsp3) is 0.917. The van der Waals surface area contributed by atoms with Crippen LogP contribution in [0.4, 0.5) is 0 Å². The highest BCUT2D eigenvalue weighted by molar-refractivity contribution is 5.74. The first kappa shape index (κ1) is 12.5. The minimum atomic E-state index is 0.00532. The molecule has 1 rings (SSSR count). The number of esters is 1. The summed E-state index contributed by atoms with van der Waals surface area (Å²) >= 11 is 0. The molecule has 1 aliphatic carbocycles. The highest BCUT2D eigenvalue weighted by Gasteiger charge is 2.31. The summed E-state index contributed by atoms with van der Waals surface area (Å²) in [6.07, 6.45) is 5.46. The van der Waals surface area contributed by atoms with E-state index < -0.39 is 0 Å². The van der Waals surface area contributed by atoms with E-state index in [0.717, 1.165) is 25.8 Å². The maximum Gasteiger partial charge on any atom is 0.308 e. The van der Waals surface area contributed by atoms with Crippen molar-refractivity contribution in [2.45, 2.75) is 52.0 Å². The molecule has 0 aromatic rings. The smallest absolute Gasteiger partial charge is 0.308 e. The third-order valence-corrected chi connectivity index (χ3v) is 2.79. The van der Waals surface area contributed by atoms with E-state index in [4.69, 9.17) is 4.74 Å². The lowest BCUT2D eigenvalue weighted by atomic mass is 10.2. The summed E-state index contributed by atoms with van der Waals surface area (Å²) in [5.41, 5.74) is 0. The van der Waals surface area contributed by atoms with E-state index in [1.54, 1.807) is 0 Å². The van der Waals surface area contributed by atoms with Gasteiger partial charge in [0.2, 0.25) is 0 Å². The normalized spacial score (nSPS) is 17.5. The van der Waals surface area contributed by atoms with E-state index >= 15 is 0 Å². The number of carbonyl (C=O) groups excluding carboxylic acids is 1. The molecule has 0 aliphatic heterocycles. The number of rotatable bonds is 8. The number of hydrogen-bond donors (Lipinski definition) is 1. The van der Waals surface area contributed by atoms with Crippen molar-refractivity contribution < 1.29 is 9.53 Å². The van der Waals surface area contributed by atoms with Crippen molar-refractivity contribution in [2.75, 3.05) is 13.2 Å². The van der Waals surface area contributed by atoms with E-state index in [-0.39, 0.29) is 11.9 Å². The first-order valence-electron chi connectivity index (χ1n) is 6.18. The van der Waals surface area contributed by atoms with Gasteiger partial charge < -0.3 is 10.1 Å². The molecule has 1 atom stereocenters. The van der Waals surface area contributed by atoms with Gasteiger partial charge in [-0.05, 0) is 32.2 Å².